The molecule has 0 unspecified atom stereocenters. The maximum absolute atomic E-state index is 12.2. The van der Waals surface area contributed by atoms with E-state index >= 15 is 0 Å². The number of hydrogen-bond donors (Lipinski definition) is 1. The van der Waals surface area contributed by atoms with E-state index < -0.39 is 23.1 Å². The summed E-state index contributed by atoms with van der Waals surface area (Å²) in [6.07, 6.45) is 1.33. The van der Waals surface area contributed by atoms with Gasteiger partial charge < -0.3 is 19.3 Å². The van der Waals surface area contributed by atoms with Crippen LogP contribution in [0.15, 0.2) is 0 Å². The molecule has 0 atom stereocenters. The van der Waals surface area contributed by atoms with Crippen molar-refractivity contribution in [3.63, 3.8) is 0 Å². The number of carbonyl (C=O) groups excluding carboxylic acids is 2. The predicted molar refractivity (Wildman–Crippen MR) is 90.7 cm³/mol. The summed E-state index contributed by atoms with van der Waals surface area (Å²) >= 11 is 0. The van der Waals surface area contributed by atoms with Gasteiger partial charge in [-0.3, -0.25) is 9.69 Å². The molecule has 0 amide bonds. The number of aliphatic hydroxyl groups excluding tert-OH is 1. The average molecular weight is 347 g/mol. The van der Waals surface area contributed by atoms with Crippen molar-refractivity contribution < 1.29 is 28.9 Å². The Bertz CT molecular complexity index is 389. The van der Waals surface area contributed by atoms with Gasteiger partial charge in [-0.2, -0.15) is 0 Å². The number of ether oxygens (including phenoxy) is 3. The van der Waals surface area contributed by atoms with E-state index in [1.165, 1.54) is 13.8 Å². The van der Waals surface area contributed by atoms with E-state index in [-0.39, 0.29) is 13.2 Å². The van der Waals surface area contributed by atoms with Gasteiger partial charge in [-0.25, -0.2) is 4.79 Å². The second kappa shape index (κ2) is 10.6. The fourth-order valence-corrected chi connectivity index (χ4v) is 1.94. The van der Waals surface area contributed by atoms with Crippen LogP contribution in [0.5, 0.6) is 0 Å². The molecular weight excluding hydrogens is 314 g/mol. The molecule has 142 valence electrons. The lowest BCUT2D eigenvalue weighted by Gasteiger charge is -2.29. The van der Waals surface area contributed by atoms with Crippen LogP contribution in [0.1, 0.15) is 47.5 Å². The molecule has 0 spiro atoms. The first kappa shape index (κ1) is 22.8. The van der Waals surface area contributed by atoms with Gasteiger partial charge in [0, 0.05) is 33.4 Å². The molecule has 7 heteroatoms. The van der Waals surface area contributed by atoms with E-state index in [4.69, 9.17) is 19.3 Å². The number of rotatable bonds is 11. The Hall–Kier alpha value is -1.18. The molecule has 24 heavy (non-hydrogen) atoms. The third kappa shape index (κ3) is 10.6. The molecule has 0 aliphatic rings. The molecule has 0 aromatic heterocycles. The highest BCUT2D eigenvalue weighted by atomic mass is 16.6. The maximum atomic E-state index is 12.2. The second-order valence-corrected chi connectivity index (χ2v) is 7.19. The third-order valence-corrected chi connectivity index (χ3v) is 3.07. The monoisotopic (exact) mass is 347 g/mol. The summed E-state index contributed by atoms with van der Waals surface area (Å²) < 4.78 is 15.6. The Morgan fingerprint density at radius 2 is 1.58 bits per heavy atom. The van der Waals surface area contributed by atoms with Crippen molar-refractivity contribution in [3.05, 3.63) is 0 Å². The summed E-state index contributed by atoms with van der Waals surface area (Å²) in [5.41, 5.74) is -1.99. The molecule has 0 aliphatic heterocycles. The summed E-state index contributed by atoms with van der Waals surface area (Å²) in [6.45, 7) is 10.2. The summed E-state index contributed by atoms with van der Waals surface area (Å²) in [6, 6.07) is 0. The number of hydrogen-bond acceptors (Lipinski definition) is 7. The van der Waals surface area contributed by atoms with Crippen molar-refractivity contribution >= 4 is 11.9 Å². The normalized spacial score (nSPS) is 12.3. The van der Waals surface area contributed by atoms with Crippen LogP contribution in [-0.2, 0) is 23.8 Å². The lowest BCUT2D eigenvalue weighted by Crippen LogP contribution is -2.44. The van der Waals surface area contributed by atoms with Crippen LogP contribution in [0.25, 0.3) is 0 Å². The average Bonchev–Trinajstić information content (AvgIpc) is 2.42. The van der Waals surface area contributed by atoms with Gasteiger partial charge in [0.05, 0.1) is 6.54 Å². The largest absolute Gasteiger partial charge is 0.457 e. The highest BCUT2D eigenvalue weighted by molar-refractivity contribution is 5.83. The van der Waals surface area contributed by atoms with Crippen molar-refractivity contribution in [2.45, 2.75) is 58.7 Å². The molecule has 0 radical (unpaired) electrons. The molecule has 0 bridgehead atoms. The zero-order valence-electron chi connectivity index (χ0n) is 15.9. The van der Waals surface area contributed by atoms with Gasteiger partial charge in [0.15, 0.2) is 0 Å². The van der Waals surface area contributed by atoms with Crippen molar-refractivity contribution in [1.29, 1.82) is 0 Å². The number of methoxy groups -OCH3 is 1. The standard InChI is InChI=1S/C17H33NO6/c1-16(2,3)24-15(21)17(4,5)23-14(20)13-18(9-7-11-19)10-8-12-22-6/h19H,7-13H2,1-6H3. The number of nitrogens with zero attached hydrogens (tertiary/aromatic N) is 1. The molecule has 0 heterocycles. The number of aliphatic hydroxyl groups is 1. The first-order valence-electron chi connectivity index (χ1n) is 8.29. The third-order valence-electron chi connectivity index (χ3n) is 3.07. The lowest BCUT2D eigenvalue weighted by atomic mass is 10.1. The Labute approximate surface area is 145 Å². The highest BCUT2D eigenvalue weighted by Crippen LogP contribution is 2.17. The van der Waals surface area contributed by atoms with Gasteiger partial charge in [0.25, 0.3) is 0 Å². The van der Waals surface area contributed by atoms with E-state index in [9.17, 15) is 9.59 Å². The van der Waals surface area contributed by atoms with E-state index in [1.807, 2.05) is 4.90 Å². The number of esters is 2. The summed E-state index contributed by atoms with van der Waals surface area (Å²) in [5.74, 6) is -1.08. The van der Waals surface area contributed by atoms with Crippen molar-refractivity contribution in [2.75, 3.05) is 40.0 Å². The smallest absolute Gasteiger partial charge is 0.350 e. The fraction of sp³-hybridized carbons (Fsp3) is 0.882. The second-order valence-electron chi connectivity index (χ2n) is 7.19. The summed E-state index contributed by atoms with van der Waals surface area (Å²) in [7, 11) is 1.62. The highest BCUT2D eigenvalue weighted by Gasteiger charge is 2.36. The first-order valence-corrected chi connectivity index (χ1v) is 8.29. The summed E-state index contributed by atoms with van der Waals surface area (Å²) in [5, 5.41) is 8.96. The van der Waals surface area contributed by atoms with Crippen molar-refractivity contribution in [2.24, 2.45) is 0 Å². The zero-order chi connectivity index (χ0) is 18.8. The fourth-order valence-electron chi connectivity index (χ4n) is 1.94. The molecule has 0 aliphatic carbocycles. The molecule has 7 nitrogen and oxygen atoms in total. The van der Waals surface area contributed by atoms with Crippen LogP contribution < -0.4 is 0 Å². The van der Waals surface area contributed by atoms with E-state index in [2.05, 4.69) is 0 Å². The Morgan fingerprint density at radius 3 is 2.08 bits per heavy atom. The first-order chi connectivity index (χ1) is 11.0. The quantitative estimate of drug-likeness (QED) is 0.446. The minimum Gasteiger partial charge on any atom is -0.457 e. The van der Waals surface area contributed by atoms with Gasteiger partial charge in [0.1, 0.15) is 5.60 Å². The van der Waals surface area contributed by atoms with Crippen LogP contribution in [0.3, 0.4) is 0 Å². The van der Waals surface area contributed by atoms with Crippen LogP contribution in [0.4, 0.5) is 0 Å². The minimum absolute atomic E-state index is 0.0515. The molecule has 0 aromatic carbocycles. The van der Waals surface area contributed by atoms with E-state index in [0.29, 0.717) is 26.1 Å². The van der Waals surface area contributed by atoms with Crippen LogP contribution >= 0.6 is 0 Å². The van der Waals surface area contributed by atoms with Gasteiger partial charge in [-0.1, -0.05) is 0 Å². The molecule has 1 N–H and O–H groups in total. The van der Waals surface area contributed by atoms with E-state index in [1.54, 1.807) is 27.9 Å². The molecule has 0 saturated carbocycles. The molecule has 0 saturated heterocycles. The van der Waals surface area contributed by atoms with Crippen LogP contribution in [0.2, 0.25) is 0 Å². The topological polar surface area (TPSA) is 85.3 Å². The summed E-state index contributed by atoms with van der Waals surface area (Å²) in [4.78, 5) is 26.2. The molecule has 0 rings (SSSR count). The SMILES string of the molecule is COCCCN(CCCO)CC(=O)OC(C)(C)C(=O)OC(C)(C)C. The van der Waals surface area contributed by atoms with Crippen molar-refractivity contribution in [1.82, 2.24) is 4.90 Å². The van der Waals surface area contributed by atoms with Crippen LogP contribution in [-0.4, -0.2) is 73.1 Å². The minimum atomic E-state index is -1.35. The molecular formula is C17H33NO6. The van der Waals surface area contributed by atoms with Gasteiger partial charge in [-0.15, -0.1) is 0 Å². The Kier molecular flexibility index (Phi) is 10.1. The Morgan fingerprint density at radius 1 is 1.00 bits per heavy atom. The van der Waals surface area contributed by atoms with E-state index in [0.717, 1.165) is 6.42 Å². The number of carbonyl (C=O) groups is 2. The zero-order valence-corrected chi connectivity index (χ0v) is 15.9. The van der Waals surface area contributed by atoms with Gasteiger partial charge in [0.2, 0.25) is 5.60 Å². The molecule has 0 aromatic rings. The van der Waals surface area contributed by atoms with Gasteiger partial charge >= 0.3 is 11.9 Å². The van der Waals surface area contributed by atoms with Crippen LogP contribution in [0, 0.1) is 0 Å². The molecule has 0 fully saturated rings. The predicted octanol–water partition coefficient (Wildman–Crippen LogP) is 1.37. The van der Waals surface area contributed by atoms with Crippen molar-refractivity contribution in [3.8, 4) is 0 Å². The lowest BCUT2D eigenvalue weighted by molar-refractivity contribution is -0.187. The maximum Gasteiger partial charge on any atom is 0.350 e. The Balaban J connectivity index is 4.59. The van der Waals surface area contributed by atoms with Gasteiger partial charge in [-0.05, 0) is 47.5 Å².